The van der Waals surface area contributed by atoms with Crippen LogP contribution in [0.25, 0.3) is 0 Å². The molecule has 0 aliphatic carbocycles. The maximum absolute atomic E-state index is 12.1. The Kier molecular flexibility index (Phi) is 4.04. The Morgan fingerprint density at radius 1 is 1.18 bits per heavy atom. The first-order chi connectivity index (χ1) is 10.2. The van der Waals surface area contributed by atoms with Crippen molar-refractivity contribution >= 4 is 21.8 Å². The van der Waals surface area contributed by atoms with Crippen LogP contribution in [-0.2, 0) is 10.0 Å². The maximum atomic E-state index is 12.1. The van der Waals surface area contributed by atoms with E-state index in [2.05, 4.69) is 4.72 Å². The molecule has 0 aromatic heterocycles. The van der Waals surface area contributed by atoms with Crippen molar-refractivity contribution in [1.82, 2.24) is 9.62 Å². The zero-order chi connectivity index (χ0) is 16.5. The fraction of sp³-hybridized carbons (Fsp3) is 0.357. The molecule has 1 aromatic carbocycles. The normalized spacial score (nSPS) is 14.9. The third-order valence-electron chi connectivity index (χ3n) is 3.15. The van der Waals surface area contributed by atoms with Crippen molar-refractivity contribution in [2.75, 3.05) is 12.3 Å². The van der Waals surface area contributed by atoms with Crippen LogP contribution >= 0.6 is 0 Å². The van der Waals surface area contributed by atoms with E-state index in [1.807, 2.05) is 6.07 Å². The van der Waals surface area contributed by atoms with Gasteiger partial charge in [-0.2, -0.15) is 9.98 Å². The minimum absolute atomic E-state index is 0.261. The van der Waals surface area contributed by atoms with Crippen molar-refractivity contribution in [2.24, 2.45) is 0 Å². The second kappa shape index (κ2) is 5.51. The molecule has 0 radical (unpaired) electrons. The van der Waals surface area contributed by atoms with Crippen molar-refractivity contribution in [3.8, 4) is 6.07 Å². The highest BCUT2D eigenvalue weighted by molar-refractivity contribution is 7.89. The van der Waals surface area contributed by atoms with Crippen LogP contribution in [0.5, 0.6) is 0 Å². The van der Waals surface area contributed by atoms with Crippen molar-refractivity contribution in [3.05, 3.63) is 35.4 Å². The van der Waals surface area contributed by atoms with Crippen LogP contribution in [0.4, 0.5) is 0 Å². The molecule has 1 heterocycles. The first-order valence-corrected chi connectivity index (χ1v) is 8.20. The predicted octanol–water partition coefficient (Wildman–Crippen LogP) is 0.504. The number of nitrogens with zero attached hydrogens (tertiary/aromatic N) is 2. The van der Waals surface area contributed by atoms with Crippen molar-refractivity contribution in [2.45, 2.75) is 19.4 Å². The quantitative estimate of drug-likeness (QED) is 0.795. The summed E-state index contributed by atoms with van der Waals surface area (Å²) in [6.07, 6.45) is 0. The number of nitriles is 1. The predicted molar refractivity (Wildman–Crippen MR) is 78.4 cm³/mol. The van der Waals surface area contributed by atoms with Gasteiger partial charge in [-0.1, -0.05) is 12.1 Å². The number of sulfonamides is 1. The fourth-order valence-corrected chi connectivity index (χ4v) is 3.46. The lowest BCUT2D eigenvalue weighted by molar-refractivity contribution is 0.0664. The second-order valence-corrected chi connectivity index (χ2v) is 7.31. The molecule has 0 bridgehead atoms. The Bertz CT molecular complexity index is 743. The zero-order valence-electron chi connectivity index (χ0n) is 12.2. The van der Waals surface area contributed by atoms with Crippen LogP contribution < -0.4 is 4.72 Å². The van der Waals surface area contributed by atoms with Crippen molar-refractivity contribution in [3.63, 3.8) is 0 Å². The topological polar surface area (TPSA) is 107 Å². The number of carbonyl (C=O) groups is 2. The third kappa shape index (κ3) is 3.16. The van der Waals surface area contributed by atoms with Gasteiger partial charge in [0, 0.05) is 6.54 Å². The molecule has 1 aliphatic rings. The first-order valence-electron chi connectivity index (χ1n) is 6.55. The van der Waals surface area contributed by atoms with Gasteiger partial charge in [-0.3, -0.25) is 14.5 Å². The van der Waals surface area contributed by atoms with Crippen molar-refractivity contribution in [1.29, 1.82) is 5.26 Å². The summed E-state index contributed by atoms with van der Waals surface area (Å²) in [5, 5.41) is 8.84. The van der Waals surface area contributed by atoms with E-state index in [0.29, 0.717) is 0 Å². The van der Waals surface area contributed by atoms with E-state index in [9.17, 15) is 18.0 Å². The molecule has 0 spiro atoms. The van der Waals surface area contributed by atoms with Gasteiger partial charge < -0.3 is 0 Å². The minimum atomic E-state index is -3.79. The van der Waals surface area contributed by atoms with Gasteiger partial charge in [-0.15, -0.1) is 0 Å². The molecule has 116 valence electrons. The summed E-state index contributed by atoms with van der Waals surface area (Å²) in [5.74, 6) is -1.46. The van der Waals surface area contributed by atoms with E-state index < -0.39 is 33.1 Å². The average Bonchev–Trinajstić information content (AvgIpc) is 2.68. The van der Waals surface area contributed by atoms with E-state index in [1.54, 1.807) is 12.1 Å². The number of benzene rings is 1. The molecule has 0 saturated carbocycles. The largest absolute Gasteiger partial charge is 0.273 e. The molecule has 0 unspecified atom stereocenters. The van der Waals surface area contributed by atoms with E-state index in [4.69, 9.17) is 5.26 Å². The molecule has 2 rings (SSSR count). The Labute approximate surface area is 128 Å². The van der Waals surface area contributed by atoms with Crippen LogP contribution in [0.1, 0.15) is 34.6 Å². The van der Waals surface area contributed by atoms with E-state index in [1.165, 1.54) is 26.0 Å². The SMILES string of the molecule is CC(C)(C#N)NS(=O)(=O)CCN1C(=O)c2ccccc2C1=O. The molecule has 2 amide bonds. The second-order valence-electron chi connectivity index (χ2n) is 5.47. The minimum Gasteiger partial charge on any atom is -0.273 e. The van der Waals surface area contributed by atoms with Gasteiger partial charge in [0.1, 0.15) is 5.54 Å². The Morgan fingerprint density at radius 3 is 2.14 bits per heavy atom. The average molecular weight is 321 g/mol. The lowest BCUT2D eigenvalue weighted by Gasteiger charge is -2.19. The summed E-state index contributed by atoms with van der Waals surface area (Å²) >= 11 is 0. The molecule has 8 heteroatoms. The molecule has 1 N–H and O–H groups in total. The molecular formula is C14H15N3O4S. The van der Waals surface area contributed by atoms with Crippen LogP contribution in [-0.4, -0.2) is 43.0 Å². The summed E-state index contributed by atoms with van der Waals surface area (Å²) in [6, 6.07) is 8.16. The summed E-state index contributed by atoms with van der Waals surface area (Å²) in [4.78, 5) is 25.1. The van der Waals surface area contributed by atoms with Gasteiger partial charge in [0.25, 0.3) is 11.8 Å². The number of hydrogen-bond acceptors (Lipinski definition) is 5. The zero-order valence-corrected chi connectivity index (χ0v) is 13.0. The highest BCUT2D eigenvalue weighted by Gasteiger charge is 2.36. The summed E-state index contributed by atoms with van der Waals surface area (Å²) in [6.45, 7) is 2.59. The maximum Gasteiger partial charge on any atom is 0.261 e. The van der Waals surface area contributed by atoms with Gasteiger partial charge in [0.15, 0.2) is 0 Å². The van der Waals surface area contributed by atoms with Crippen LogP contribution in [0, 0.1) is 11.3 Å². The van der Waals surface area contributed by atoms with E-state index in [0.717, 1.165) is 4.90 Å². The number of carbonyl (C=O) groups excluding carboxylic acids is 2. The number of hydrogen-bond donors (Lipinski definition) is 1. The highest BCUT2D eigenvalue weighted by Crippen LogP contribution is 2.22. The van der Waals surface area contributed by atoms with Gasteiger partial charge >= 0.3 is 0 Å². The highest BCUT2D eigenvalue weighted by atomic mass is 32.2. The van der Waals surface area contributed by atoms with E-state index in [-0.39, 0.29) is 17.7 Å². The number of rotatable bonds is 5. The Balaban J connectivity index is 2.10. The van der Waals surface area contributed by atoms with Gasteiger partial charge in [-0.05, 0) is 26.0 Å². The summed E-state index contributed by atoms with van der Waals surface area (Å²) in [5.41, 5.74) is -0.702. The molecule has 0 saturated heterocycles. The summed E-state index contributed by atoms with van der Waals surface area (Å²) < 4.78 is 26.1. The standard InChI is InChI=1S/C14H15N3O4S/c1-14(2,9-15)16-22(20,21)8-7-17-12(18)10-5-3-4-6-11(10)13(17)19/h3-6,16H,7-8H2,1-2H3. The molecular weight excluding hydrogens is 306 g/mol. The van der Waals surface area contributed by atoms with Gasteiger partial charge in [0.05, 0.1) is 22.9 Å². The Morgan fingerprint density at radius 2 is 1.68 bits per heavy atom. The van der Waals surface area contributed by atoms with Gasteiger partial charge in [-0.25, -0.2) is 8.42 Å². The summed E-state index contributed by atoms with van der Waals surface area (Å²) in [7, 11) is -3.79. The molecule has 22 heavy (non-hydrogen) atoms. The van der Waals surface area contributed by atoms with E-state index >= 15 is 0 Å². The first kappa shape index (κ1) is 16.1. The smallest absolute Gasteiger partial charge is 0.261 e. The number of amides is 2. The monoisotopic (exact) mass is 321 g/mol. The lowest BCUT2D eigenvalue weighted by atomic mass is 10.1. The molecule has 0 fully saturated rings. The third-order valence-corrected chi connectivity index (χ3v) is 4.69. The fourth-order valence-electron chi connectivity index (χ4n) is 2.12. The molecule has 1 aromatic rings. The molecule has 7 nitrogen and oxygen atoms in total. The molecule has 0 atom stereocenters. The number of fused-ring (bicyclic) bond motifs is 1. The van der Waals surface area contributed by atoms with Crippen LogP contribution in [0.3, 0.4) is 0 Å². The number of imide groups is 1. The number of nitrogens with one attached hydrogen (secondary N) is 1. The lowest BCUT2D eigenvalue weighted by Crippen LogP contribution is -2.45. The van der Waals surface area contributed by atoms with Crippen LogP contribution in [0.2, 0.25) is 0 Å². The van der Waals surface area contributed by atoms with Crippen molar-refractivity contribution < 1.29 is 18.0 Å². The Hall–Kier alpha value is -2.24. The van der Waals surface area contributed by atoms with Gasteiger partial charge in [0.2, 0.25) is 10.0 Å². The van der Waals surface area contributed by atoms with Crippen LogP contribution in [0.15, 0.2) is 24.3 Å². The molecule has 1 aliphatic heterocycles.